The average molecular weight is 576 g/mol. The van der Waals surface area contributed by atoms with Crippen LogP contribution in [0.5, 0.6) is 0 Å². The SMILES string of the molecule is CC(C)(C)C[C@@H]1N[C@@H](C(=O)Nc2ccoc2C(=O)O)[C@H](c2cccc(Cl)c2F)[C@@]1(C#N)c1ccc(Cl)cc1F. The predicted octanol–water partition coefficient (Wildman–Crippen LogP) is 6.52. The lowest BCUT2D eigenvalue weighted by Crippen LogP contribution is -2.45. The summed E-state index contributed by atoms with van der Waals surface area (Å²) in [6.07, 6.45) is 1.39. The number of furan rings is 1. The monoisotopic (exact) mass is 575 g/mol. The van der Waals surface area contributed by atoms with Crippen molar-refractivity contribution in [3.63, 3.8) is 0 Å². The summed E-state index contributed by atoms with van der Waals surface area (Å²) in [5.74, 6) is -5.62. The van der Waals surface area contributed by atoms with Crippen molar-refractivity contribution in [2.45, 2.75) is 50.6 Å². The summed E-state index contributed by atoms with van der Waals surface area (Å²) in [5, 5.41) is 25.8. The zero-order valence-corrected chi connectivity index (χ0v) is 22.7. The Morgan fingerprint density at radius 3 is 2.54 bits per heavy atom. The Bertz CT molecular complexity index is 1480. The smallest absolute Gasteiger partial charge is 0.374 e. The molecule has 0 spiro atoms. The maximum atomic E-state index is 15.7. The number of halogens is 4. The molecule has 2 aromatic carbocycles. The fourth-order valence-electron chi connectivity index (χ4n) is 5.34. The third-order valence-electron chi connectivity index (χ3n) is 6.85. The highest BCUT2D eigenvalue weighted by molar-refractivity contribution is 6.31. The summed E-state index contributed by atoms with van der Waals surface area (Å²) in [6.45, 7) is 5.76. The molecule has 0 radical (unpaired) electrons. The Labute approximate surface area is 233 Å². The van der Waals surface area contributed by atoms with E-state index in [0.29, 0.717) is 0 Å². The standard InChI is InChI=1S/C28H25Cl2F2N3O4/c1-27(2,3)12-20-28(13-33,16-8-7-14(29)11-18(16)31)21(15-5-4-6-17(30)22(15)32)23(35-20)25(36)34-19-9-10-39-24(19)26(37)38/h4-11,20-21,23,35H,12H2,1-3H3,(H,34,36)(H,37,38)/t20-,21-,23+,28-/m0/s1. The fraction of sp³-hybridized carbons (Fsp3) is 0.321. The second-order valence-corrected chi connectivity index (χ2v) is 11.5. The Kier molecular flexibility index (Phi) is 7.77. The normalized spacial score (nSPS) is 22.9. The molecule has 4 atom stereocenters. The molecule has 0 saturated carbocycles. The van der Waals surface area contributed by atoms with E-state index in [9.17, 15) is 20.0 Å². The van der Waals surface area contributed by atoms with Crippen LogP contribution in [0.25, 0.3) is 0 Å². The first-order valence-electron chi connectivity index (χ1n) is 12.0. The van der Waals surface area contributed by atoms with Gasteiger partial charge in [-0.1, -0.05) is 62.2 Å². The van der Waals surface area contributed by atoms with Crippen molar-refractivity contribution in [1.82, 2.24) is 5.32 Å². The van der Waals surface area contributed by atoms with Crippen molar-refractivity contribution >= 4 is 40.8 Å². The largest absolute Gasteiger partial charge is 0.475 e. The fourth-order valence-corrected chi connectivity index (χ4v) is 5.68. The van der Waals surface area contributed by atoms with E-state index >= 15 is 8.78 Å². The molecule has 204 valence electrons. The number of rotatable bonds is 6. The molecular weight excluding hydrogens is 551 g/mol. The van der Waals surface area contributed by atoms with Crippen LogP contribution in [-0.2, 0) is 10.2 Å². The van der Waals surface area contributed by atoms with E-state index in [1.165, 1.54) is 36.4 Å². The van der Waals surface area contributed by atoms with Gasteiger partial charge in [-0.3, -0.25) is 4.79 Å². The number of carbonyl (C=O) groups is 2. The molecule has 1 aliphatic rings. The van der Waals surface area contributed by atoms with Crippen molar-refractivity contribution in [3.05, 3.63) is 87.3 Å². The molecule has 2 heterocycles. The lowest BCUT2D eigenvalue weighted by molar-refractivity contribution is -0.118. The highest BCUT2D eigenvalue weighted by atomic mass is 35.5. The van der Waals surface area contributed by atoms with Crippen LogP contribution in [0.15, 0.2) is 53.1 Å². The molecule has 3 aromatic rings. The molecule has 0 aliphatic carbocycles. The van der Waals surface area contributed by atoms with Gasteiger partial charge in [-0.25, -0.2) is 13.6 Å². The van der Waals surface area contributed by atoms with Gasteiger partial charge in [0, 0.05) is 28.6 Å². The lowest BCUT2D eigenvalue weighted by atomic mass is 9.62. The van der Waals surface area contributed by atoms with Gasteiger partial charge in [-0.05, 0) is 35.6 Å². The molecule has 0 unspecified atom stereocenters. The number of nitrogens with one attached hydrogen (secondary N) is 2. The van der Waals surface area contributed by atoms with Crippen molar-refractivity contribution in [3.8, 4) is 6.07 Å². The van der Waals surface area contributed by atoms with Crippen LogP contribution < -0.4 is 10.6 Å². The average Bonchev–Trinajstić information content (AvgIpc) is 3.43. The van der Waals surface area contributed by atoms with Crippen LogP contribution in [0, 0.1) is 28.4 Å². The van der Waals surface area contributed by atoms with Crippen molar-refractivity contribution in [2.24, 2.45) is 5.41 Å². The van der Waals surface area contributed by atoms with Crippen LogP contribution >= 0.6 is 23.2 Å². The summed E-state index contributed by atoms with van der Waals surface area (Å²) >= 11 is 12.1. The summed E-state index contributed by atoms with van der Waals surface area (Å²) in [7, 11) is 0. The maximum absolute atomic E-state index is 15.7. The van der Waals surface area contributed by atoms with Gasteiger partial charge in [0.25, 0.3) is 0 Å². The highest BCUT2D eigenvalue weighted by Crippen LogP contribution is 2.53. The number of carbonyl (C=O) groups excluding carboxylic acids is 1. The third kappa shape index (κ3) is 5.24. The van der Waals surface area contributed by atoms with Gasteiger partial charge in [-0.2, -0.15) is 5.26 Å². The van der Waals surface area contributed by atoms with Gasteiger partial charge in [-0.15, -0.1) is 0 Å². The molecule has 3 N–H and O–H groups in total. The van der Waals surface area contributed by atoms with Crippen molar-refractivity contribution in [1.29, 1.82) is 5.26 Å². The van der Waals surface area contributed by atoms with Gasteiger partial charge in [0.05, 0.1) is 29.1 Å². The van der Waals surface area contributed by atoms with Gasteiger partial charge in [0.15, 0.2) is 0 Å². The number of amides is 1. The first-order valence-corrected chi connectivity index (χ1v) is 12.7. The van der Waals surface area contributed by atoms with Crippen LogP contribution in [0.4, 0.5) is 14.5 Å². The van der Waals surface area contributed by atoms with Gasteiger partial charge in [0.1, 0.15) is 17.0 Å². The number of carboxylic acid groups (broad SMARTS) is 1. The number of hydrogen-bond acceptors (Lipinski definition) is 5. The Morgan fingerprint density at radius 1 is 1.21 bits per heavy atom. The quantitative estimate of drug-likeness (QED) is 0.308. The number of carboxylic acids is 1. The van der Waals surface area contributed by atoms with Crippen LogP contribution in [0.1, 0.15) is 54.8 Å². The molecule has 0 bridgehead atoms. The Hall–Kier alpha value is -3.45. The number of anilines is 1. The second kappa shape index (κ2) is 10.6. The first-order chi connectivity index (χ1) is 18.3. The number of hydrogen-bond donors (Lipinski definition) is 3. The van der Waals surface area contributed by atoms with E-state index in [1.54, 1.807) is 0 Å². The van der Waals surface area contributed by atoms with Crippen molar-refractivity contribution < 1.29 is 27.9 Å². The number of benzene rings is 2. The molecule has 1 saturated heterocycles. The highest BCUT2D eigenvalue weighted by Gasteiger charge is 2.61. The minimum Gasteiger partial charge on any atom is -0.475 e. The number of nitrogens with zero attached hydrogens (tertiary/aromatic N) is 1. The Morgan fingerprint density at radius 2 is 1.92 bits per heavy atom. The van der Waals surface area contributed by atoms with E-state index in [-0.39, 0.29) is 33.3 Å². The molecule has 1 aliphatic heterocycles. The Balaban J connectivity index is 1.97. The zero-order chi connectivity index (χ0) is 28.7. The third-order valence-corrected chi connectivity index (χ3v) is 7.38. The van der Waals surface area contributed by atoms with Crippen LogP contribution in [0.2, 0.25) is 10.0 Å². The lowest BCUT2D eigenvalue weighted by Gasteiger charge is -2.37. The van der Waals surface area contributed by atoms with E-state index in [2.05, 4.69) is 16.7 Å². The van der Waals surface area contributed by atoms with Gasteiger partial charge >= 0.3 is 5.97 Å². The molecule has 7 nitrogen and oxygen atoms in total. The molecule has 39 heavy (non-hydrogen) atoms. The van der Waals surface area contributed by atoms with E-state index in [0.717, 1.165) is 12.3 Å². The molecule has 1 amide bonds. The molecule has 11 heteroatoms. The van der Waals surface area contributed by atoms with Crippen LogP contribution in [0.3, 0.4) is 0 Å². The minimum atomic E-state index is -1.80. The molecular formula is C28H25Cl2F2N3O4. The molecule has 1 aromatic heterocycles. The maximum Gasteiger partial charge on any atom is 0.374 e. The minimum absolute atomic E-state index is 0.0645. The molecule has 4 rings (SSSR count). The van der Waals surface area contributed by atoms with Crippen molar-refractivity contribution in [2.75, 3.05) is 5.32 Å². The molecule has 1 fully saturated rings. The van der Waals surface area contributed by atoms with E-state index < -0.39 is 58.1 Å². The van der Waals surface area contributed by atoms with Crippen LogP contribution in [-0.4, -0.2) is 29.1 Å². The van der Waals surface area contributed by atoms with E-state index in [1.807, 2.05) is 20.8 Å². The number of aromatic carboxylic acids is 1. The summed E-state index contributed by atoms with van der Waals surface area (Å²) < 4.78 is 36.2. The summed E-state index contributed by atoms with van der Waals surface area (Å²) in [6, 6.07) is 9.41. The number of nitriles is 1. The summed E-state index contributed by atoms with van der Waals surface area (Å²) in [4.78, 5) is 25.3. The first kappa shape index (κ1) is 28.6. The second-order valence-electron chi connectivity index (χ2n) is 10.6. The van der Waals surface area contributed by atoms with Gasteiger partial charge < -0.3 is 20.2 Å². The zero-order valence-electron chi connectivity index (χ0n) is 21.2. The topological polar surface area (TPSA) is 115 Å². The summed E-state index contributed by atoms with van der Waals surface area (Å²) in [5.41, 5.74) is -2.48. The van der Waals surface area contributed by atoms with E-state index in [4.69, 9.17) is 27.6 Å². The van der Waals surface area contributed by atoms with Gasteiger partial charge in [0.2, 0.25) is 11.7 Å². The predicted molar refractivity (Wildman–Crippen MR) is 142 cm³/mol.